The molecule has 0 saturated heterocycles. The molecule has 1 atom stereocenters. The first-order valence-electron chi connectivity index (χ1n) is 5.56. The van der Waals surface area contributed by atoms with E-state index in [2.05, 4.69) is 28.1 Å². The quantitative estimate of drug-likeness (QED) is 0.739. The molecule has 2 heteroatoms. The predicted octanol–water partition coefficient (Wildman–Crippen LogP) is 3.80. The summed E-state index contributed by atoms with van der Waals surface area (Å²) < 4.78 is 5.13. The van der Waals surface area contributed by atoms with Crippen molar-refractivity contribution in [1.29, 1.82) is 0 Å². The molecule has 0 radical (unpaired) electrons. The molecule has 1 aliphatic rings. The summed E-state index contributed by atoms with van der Waals surface area (Å²) >= 11 is 3.77. The second kappa shape index (κ2) is 5.02. The highest BCUT2D eigenvalue weighted by Crippen LogP contribution is 2.38. The van der Waals surface area contributed by atoms with Crippen molar-refractivity contribution in [3.05, 3.63) is 29.8 Å². The summed E-state index contributed by atoms with van der Waals surface area (Å²) in [5.74, 6) is 1.89. The highest BCUT2D eigenvalue weighted by Gasteiger charge is 2.28. The van der Waals surface area contributed by atoms with Crippen LogP contribution in [-0.4, -0.2) is 11.9 Å². The first-order chi connectivity index (χ1) is 7.29. The topological polar surface area (TPSA) is 9.23 Å². The van der Waals surface area contributed by atoms with E-state index in [1.54, 1.807) is 7.11 Å². The molecule has 82 valence electrons. The maximum Gasteiger partial charge on any atom is 0.118 e. The summed E-state index contributed by atoms with van der Waals surface area (Å²) in [7, 11) is 1.70. The Morgan fingerprint density at radius 3 is 2.53 bits per heavy atom. The van der Waals surface area contributed by atoms with E-state index in [-0.39, 0.29) is 0 Å². The summed E-state index contributed by atoms with van der Waals surface area (Å²) in [5, 5.41) is 0. The Hall–Kier alpha value is -0.500. The maximum atomic E-state index is 5.13. The molecule has 1 unspecified atom stereocenters. The summed E-state index contributed by atoms with van der Waals surface area (Å²) in [5.41, 5.74) is 1.40. The van der Waals surface area contributed by atoms with Crippen LogP contribution in [0.1, 0.15) is 24.8 Å². The van der Waals surface area contributed by atoms with Gasteiger partial charge in [-0.3, -0.25) is 0 Å². The third-order valence-corrected chi connectivity index (χ3v) is 4.21. The molecule has 0 N–H and O–H groups in total. The molecule has 2 rings (SSSR count). The number of alkyl halides is 1. The van der Waals surface area contributed by atoms with Gasteiger partial charge in [0.05, 0.1) is 7.11 Å². The summed E-state index contributed by atoms with van der Waals surface area (Å²) in [6.45, 7) is 0. The fraction of sp³-hybridized carbons (Fsp3) is 0.538. The van der Waals surface area contributed by atoms with E-state index in [0.717, 1.165) is 22.9 Å². The molecule has 1 aromatic rings. The fourth-order valence-electron chi connectivity index (χ4n) is 1.79. The second-order valence-electron chi connectivity index (χ2n) is 4.24. The lowest BCUT2D eigenvalue weighted by Gasteiger charge is -2.08. The molecule has 1 fully saturated rings. The number of halogens is 1. The Balaban J connectivity index is 1.81. The van der Waals surface area contributed by atoms with E-state index in [1.165, 1.54) is 24.8 Å². The molecule has 15 heavy (non-hydrogen) atoms. The Labute approximate surface area is 100.0 Å². The molecule has 0 heterocycles. The van der Waals surface area contributed by atoms with Crippen molar-refractivity contribution < 1.29 is 4.74 Å². The highest BCUT2D eigenvalue weighted by molar-refractivity contribution is 9.09. The number of aryl methyl sites for hydroxylation is 1. The first-order valence-corrected chi connectivity index (χ1v) is 6.48. The fourth-order valence-corrected chi connectivity index (χ4v) is 2.55. The van der Waals surface area contributed by atoms with Gasteiger partial charge in [0.1, 0.15) is 5.75 Å². The number of hydrogen-bond acceptors (Lipinski definition) is 1. The van der Waals surface area contributed by atoms with Crippen molar-refractivity contribution in [3.63, 3.8) is 0 Å². The molecular formula is C13H17BrO. The number of hydrogen-bond donors (Lipinski definition) is 0. The monoisotopic (exact) mass is 268 g/mol. The van der Waals surface area contributed by atoms with Gasteiger partial charge >= 0.3 is 0 Å². The molecule has 1 aromatic carbocycles. The van der Waals surface area contributed by atoms with E-state index in [1.807, 2.05) is 12.1 Å². The van der Waals surface area contributed by atoms with Crippen LogP contribution in [0.3, 0.4) is 0 Å². The summed E-state index contributed by atoms with van der Waals surface area (Å²) in [4.78, 5) is 0.722. The second-order valence-corrected chi connectivity index (χ2v) is 5.42. The smallest absolute Gasteiger partial charge is 0.118 e. The third kappa shape index (κ3) is 3.23. The van der Waals surface area contributed by atoms with E-state index >= 15 is 0 Å². The molecular weight excluding hydrogens is 252 g/mol. The number of ether oxygens (including phenoxy) is 1. The number of rotatable bonds is 5. The normalized spacial score (nSPS) is 17.5. The zero-order valence-electron chi connectivity index (χ0n) is 9.08. The van der Waals surface area contributed by atoms with Crippen LogP contribution in [0, 0.1) is 5.92 Å². The molecule has 1 nitrogen and oxygen atoms in total. The van der Waals surface area contributed by atoms with Crippen LogP contribution in [-0.2, 0) is 6.42 Å². The van der Waals surface area contributed by atoms with Crippen LogP contribution in [0.4, 0.5) is 0 Å². The lowest BCUT2D eigenvalue weighted by atomic mass is 10.1. The standard InChI is InChI=1S/C13H17BrO/c1-15-12-7-2-10(3-8-12)4-9-13(14)11-5-6-11/h2-3,7-8,11,13H,4-6,9H2,1H3. The zero-order chi connectivity index (χ0) is 10.7. The van der Waals surface area contributed by atoms with Gasteiger partial charge in [-0.15, -0.1) is 0 Å². The van der Waals surface area contributed by atoms with Crippen molar-refractivity contribution in [2.75, 3.05) is 7.11 Å². The largest absolute Gasteiger partial charge is 0.497 e. The minimum Gasteiger partial charge on any atom is -0.497 e. The Morgan fingerprint density at radius 2 is 2.00 bits per heavy atom. The SMILES string of the molecule is COc1ccc(CCC(Br)C2CC2)cc1. The maximum absolute atomic E-state index is 5.13. The van der Waals surface area contributed by atoms with Gasteiger partial charge in [-0.2, -0.15) is 0 Å². The van der Waals surface area contributed by atoms with E-state index < -0.39 is 0 Å². The van der Waals surface area contributed by atoms with E-state index in [0.29, 0.717) is 0 Å². The van der Waals surface area contributed by atoms with Gasteiger partial charge < -0.3 is 4.74 Å². The van der Waals surface area contributed by atoms with Crippen molar-refractivity contribution in [2.24, 2.45) is 5.92 Å². The van der Waals surface area contributed by atoms with Gasteiger partial charge in [0.2, 0.25) is 0 Å². The van der Waals surface area contributed by atoms with Gasteiger partial charge in [-0.25, -0.2) is 0 Å². The minimum atomic E-state index is 0.722. The van der Waals surface area contributed by atoms with Crippen LogP contribution < -0.4 is 4.74 Å². The molecule has 1 aliphatic carbocycles. The highest BCUT2D eigenvalue weighted by atomic mass is 79.9. The Bertz CT molecular complexity index is 303. The van der Waals surface area contributed by atoms with Gasteiger partial charge in [-0.1, -0.05) is 28.1 Å². The zero-order valence-corrected chi connectivity index (χ0v) is 10.7. The van der Waals surface area contributed by atoms with Crippen LogP contribution in [0.25, 0.3) is 0 Å². The molecule has 0 amide bonds. The third-order valence-electron chi connectivity index (χ3n) is 3.00. The van der Waals surface area contributed by atoms with Gasteiger partial charge in [0, 0.05) is 4.83 Å². The molecule has 0 aliphatic heterocycles. The van der Waals surface area contributed by atoms with Gasteiger partial charge in [0.15, 0.2) is 0 Å². The van der Waals surface area contributed by atoms with Crippen LogP contribution in [0.15, 0.2) is 24.3 Å². The predicted molar refractivity (Wildman–Crippen MR) is 66.8 cm³/mol. The number of methoxy groups -OCH3 is 1. The van der Waals surface area contributed by atoms with Crippen LogP contribution >= 0.6 is 15.9 Å². The van der Waals surface area contributed by atoms with Crippen molar-refractivity contribution >= 4 is 15.9 Å². The van der Waals surface area contributed by atoms with Gasteiger partial charge in [0.25, 0.3) is 0 Å². The lowest BCUT2D eigenvalue weighted by molar-refractivity contribution is 0.414. The number of benzene rings is 1. The molecule has 0 aromatic heterocycles. The Kier molecular flexibility index (Phi) is 3.68. The Morgan fingerprint density at radius 1 is 1.33 bits per heavy atom. The molecule has 1 saturated carbocycles. The van der Waals surface area contributed by atoms with Crippen LogP contribution in [0.2, 0.25) is 0 Å². The molecule has 0 spiro atoms. The lowest BCUT2D eigenvalue weighted by Crippen LogP contribution is -2.02. The average Bonchev–Trinajstić information content (AvgIpc) is 3.10. The summed E-state index contributed by atoms with van der Waals surface area (Å²) in [6, 6.07) is 8.39. The minimum absolute atomic E-state index is 0.722. The van der Waals surface area contributed by atoms with Crippen LogP contribution in [0.5, 0.6) is 5.75 Å². The average molecular weight is 269 g/mol. The first kappa shape index (κ1) is 11.0. The summed E-state index contributed by atoms with van der Waals surface area (Å²) in [6.07, 6.45) is 5.24. The van der Waals surface area contributed by atoms with Gasteiger partial charge in [-0.05, 0) is 49.3 Å². The van der Waals surface area contributed by atoms with E-state index in [4.69, 9.17) is 4.74 Å². The molecule has 0 bridgehead atoms. The van der Waals surface area contributed by atoms with E-state index in [9.17, 15) is 0 Å². The van der Waals surface area contributed by atoms with Crippen molar-refractivity contribution in [2.45, 2.75) is 30.5 Å². The van der Waals surface area contributed by atoms with Crippen molar-refractivity contribution in [3.8, 4) is 5.75 Å². The van der Waals surface area contributed by atoms with Crippen molar-refractivity contribution in [1.82, 2.24) is 0 Å².